The Balaban J connectivity index is 1.60. The summed E-state index contributed by atoms with van der Waals surface area (Å²) in [7, 11) is 0. The van der Waals surface area contributed by atoms with Crippen LogP contribution < -0.4 is 0 Å². The van der Waals surface area contributed by atoms with Gasteiger partial charge in [-0.05, 0) is 74.0 Å². The molecule has 8 atom stereocenters. The number of rotatable bonds is 1. The molecule has 0 radical (unpaired) electrons. The molecular weight excluding hydrogens is 380 g/mol. The third-order valence-electron chi connectivity index (χ3n) is 8.73. The van der Waals surface area contributed by atoms with Gasteiger partial charge in [-0.1, -0.05) is 29.8 Å². The molecule has 0 unspecified atom stereocenters. The number of ether oxygens (including phenoxy) is 1. The number of alkyl halides is 1. The number of carbonyl (C=O) groups excluding carboxylic acids is 2. The molecule has 4 rings (SSSR count). The van der Waals surface area contributed by atoms with Crippen LogP contribution in [0.4, 0.5) is 0 Å². The summed E-state index contributed by atoms with van der Waals surface area (Å²) in [5.74, 6) is 2.95. The van der Waals surface area contributed by atoms with Crippen molar-refractivity contribution >= 4 is 27.7 Å². The van der Waals surface area contributed by atoms with Crippen LogP contribution in [-0.4, -0.2) is 22.7 Å². The molecule has 0 aromatic carbocycles. The van der Waals surface area contributed by atoms with Gasteiger partial charge in [-0.2, -0.15) is 0 Å². The first-order valence-electron chi connectivity index (χ1n) is 10.1. The second-order valence-electron chi connectivity index (χ2n) is 9.65. The van der Waals surface area contributed by atoms with Crippen molar-refractivity contribution in [1.29, 1.82) is 0 Å². The van der Waals surface area contributed by atoms with E-state index in [1.807, 2.05) is 0 Å². The van der Waals surface area contributed by atoms with Crippen molar-refractivity contribution in [3.8, 4) is 0 Å². The number of esters is 1. The maximum Gasteiger partial charge on any atom is 0.302 e. The van der Waals surface area contributed by atoms with Gasteiger partial charge in [0.1, 0.15) is 11.9 Å². The Morgan fingerprint density at radius 1 is 1.00 bits per heavy atom. The molecule has 0 amide bonds. The lowest BCUT2D eigenvalue weighted by Gasteiger charge is -2.60. The van der Waals surface area contributed by atoms with E-state index >= 15 is 0 Å². The fourth-order valence-electron chi connectivity index (χ4n) is 7.44. The largest absolute Gasteiger partial charge is 0.462 e. The van der Waals surface area contributed by atoms with Crippen LogP contribution in [-0.2, 0) is 14.3 Å². The van der Waals surface area contributed by atoms with Crippen LogP contribution in [0.15, 0.2) is 0 Å². The summed E-state index contributed by atoms with van der Waals surface area (Å²) in [6.07, 6.45) is 8.96. The zero-order chi connectivity index (χ0) is 18.0. The van der Waals surface area contributed by atoms with Gasteiger partial charge in [0.15, 0.2) is 0 Å². The zero-order valence-corrected chi connectivity index (χ0v) is 17.3. The molecule has 4 saturated carbocycles. The predicted molar refractivity (Wildman–Crippen MR) is 100 cm³/mol. The molecule has 4 aliphatic carbocycles. The lowest BCUT2D eigenvalue weighted by atomic mass is 9.45. The Kier molecular flexibility index (Phi) is 4.37. The first-order valence-corrected chi connectivity index (χ1v) is 11.0. The fourth-order valence-corrected chi connectivity index (χ4v) is 8.53. The maximum absolute atomic E-state index is 12.2. The van der Waals surface area contributed by atoms with Crippen LogP contribution >= 0.6 is 15.9 Å². The Hall–Kier alpha value is -0.380. The molecule has 3 nitrogen and oxygen atoms in total. The summed E-state index contributed by atoms with van der Waals surface area (Å²) in [5, 5.41) is 0. The molecule has 25 heavy (non-hydrogen) atoms. The highest BCUT2D eigenvalue weighted by molar-refractivity contribution is 9.10. The summed E-state index contributed by atoms with van der Waals surface area (Å²) in [4.78, 5) is 23.8. The van der Waals surface area contributed by atoms with Gasteiger partial charge >= 0.3 is 5.97 Å². The molecule has 4 fully saturated rings. The summed E-state index contributed by atoms with van der Waals surface area (Å²) in [5.41, 5.74) is 0.458. The van der Waals surface area contributed by atoms with Crippen molar-refractivity contribution in [2.24, 2.45) is 34.5 Å². The van der Waals surface area contributed by atoms with Gasteiger partial charge in [0.25, 0.3) is 0 Å². The summed E-state index contributed by atoms with van der Waals surface area (Å²) < 4.78 is 5.74. The van der Waals surface area contributed by atoms with Gasteiger partial charge in [0.05, 0.1) is 4.83 Å². The van der Waals surface area contributed by atoms with Crippen molar-refractivity contribution in [3.63, 3.8) is 0 Å². The fraction of sp³-hybridized carbons (Fsp3) is 0.905. The van der Waals surface area contributed by atoms with E-state index in [4.69, 9.17) is 4.74 Å². The van der Waals surface area contributed by atoms with Crippen LogP contribution in [0.25, 0.3) is 0 Å². The van der Waals surface area contributed by atoms with Crippen molar-refractivity contribution < 1.29 is 14.3 Å². The second-order valence-corrected chi connectivity index (χ2v) is 10.6. The molecule has 0 aromatic rings. The molecule has 0 bridgehead atoms. The van der Waals surface area contributed by atoms with E-state index < -0.39 is 0 Å². The molecule has 0 N–H and O–H groups in total. The van der Waals surface area contributed by atoms with E-state index in [0.717, 1.165) is 31.1 Å². The molecule has 0 spiro atoms. The second kappa shape index (κ2) is 6.07. The van der Waals surface area contributed by atoms with Crippen LogP contribution in [0.3, 0.4) is 0 Å². The van der Waals surface area contributed by atoms with Crippen molar-refractivity contribution in [3.05, 3.63) is 0 Å². The van der Waals surface area contributed by atoms with Gasteiger partial charge in [0, 0.05) is 18.8 Å². The monoisotopic (exact) mass is 410 g/mol. The Morgan fingerprint density at radius 3 is 2.40 bits per heavy atom. The van der Waals surface area contributed by atoms with Crippen molar-refractivity contribution in [2.75, 3.05) is 0 Å². The summed E-state index contributed by atoms with van der Waals surface area (Å²) in [6.45, 7) is 6.39. The highest BCUT2D eigenvalue weighted by Crippen LogP contribution is 2.66. The number of ketones is 1. The average Bonchev–Trinajstić information content (AvgIpc) is 2.88. The van der Waals surface area contributed by atoms with Gasteiger partial charge in [-0.3, -0.25) is 9.59 Å². The first-order chi connectivity index (χ1) is 11.8. The van der Waals surface area contributed by atoms with Gasteiger partial charge < -0.3 is 4.74 Å². The van der Waals surface area contributed by atoms with E-state index in [2.05, 4.69) is 29.8 Å². The third kappa shape index (κ3) is 2.56. The minimum Gasteiger partial charge on any atom is -0.462 e. The number of carbonyl (C=O) groups is 2. The predicted octanol–water partition coefficient (Wildman–Crippen LogP) is 4.90. The summed E-state index contributed by atoms with van der Waals surface area (Å²) in [6, 6.07) is 0. The lowest BCUT2D eigenvalue weighted by Crippen LogP contribution is -2.56. The van der Waals surface area contributed by atoms with Crippen molar-refractivity contribution in [2.45, 2.75) is 83.1 Å². The minimum absolute atomic E-state index is 0.0675. The zero-order valence-electron chi connectivity index (χ0n) is 15.7. The van der Waals surface area contributed by atoms with E-state index in [9.17, 15) is 9.59 Å². The molecule has 4 aliphatic rings. The Morgan fingerprint density at radius 2 is 1.68 bits per heavy atom. The summed E-state index contributed by atoms with van der Waals surface area (Å²) >= 11 is 3.74. The quantitative estimate of drug-likeness (QED) is 0.455. The van der Waals surface area contributed by atoms with E-state index in [-0.39, 0.29) is 22.3 Å². The SMILES string of the molecule is CC(=O)O[C@H]1CC[C@H]2[C@@H]3CC[C@@H]4[C@@H](Br)C(=O)CC[C@]4(C)[C@H]3CC[C@]12C. The lowest BCUT2D eigenvalue weighted by molar-refractivity contribution is -0.161. The Labute approximate surface area is 159 Å². The maximum atomic E-state index is 12.2. The highest BCUT2D eigenvalue weighted by atomic mass is 79.9. The molecule has 0 heterocycles. The molecular formula is C21H31BrO3. The van der Waals surface area contributed by atoms with Crippen molar-refractivity contribution in [1.82, 2.24) is 0 Å². The number of fused-ring (bicyclic) bond motifs is 5. The van der Waals surface area contributed by atoms with Crippen LogP contribution in [0, 0.1) is 34.5 Å². The molecule has 0 aliphatic heterocycles. The standard InChI is InChI=1S/C21H31BrO3/c1-12(23)25-18-7-6-14-13-4-5-16-19(22)17(24)9-11-20(16,2)15(13)8-10-21(14,18)3/h13-16,18-19H,4-11H2,1-3H3/t13-,14-,15-,16+,18-,19+,20+,21-/m0/s1. The first kappa shape index (κ1) is 18.0. The highest BCUT2D eigenvalue weighted by Gasteiger charge is 2.62. The van der Waals surface area contributed by atoms with Gasteiger partial charge in [-0.25, -0.2) is 0 Å². The van der Waals surface area contributed by atoms with E-state index in [1.165, 1.54) is 32.1 Å². The molecule has 0 saturated heterocycles. The van der Waals surface area contributed by atoms with Crippen LogP contribution in [0.2, 0.25) is 0 Å². The average molecular weight is 411 g/mol. The van der Waals surface area contributed by atoms with E-state index in [0.29, 0.717) is 23.0 Å². The number of Topliss-reactive ketones (excluding diaryl/α,β-unsaturated/α-hetero) is 1. The Bertz CT molecular complexity index is 590. The number of halogens is 1. The smallest absolute Gasteiger partial charge is 0.302 e. The van der Waals surface area contributed by atoms with E-state index in [1.54, 1.807) is 6.92 Å². The van der Waals surface area contributed by atoms with Crippen LogP contribution in [0.1, 0.15) is 72.1 Å². The number of hydrogen-bond acceptors (Lipinski definition) is 3. The van der Waals surface area contributed by atoms with Gasteiger partial charge in [-0.15, -0.1) is 0 Å². The van der Waals surface area contributed by atoms with Gasteiger partial charge in [0.2, 0.25) is 0 Å². The topological polar surface area (TPSA) is 43.4 Å². The minimum atomic E-state index is -0.127. The molecule has 4 heteroatoms. The normalized spacial score (nSPS) is 52.1. The number of hydrogen-bond donors (Lipinski definition) is 0. The van der Waals surface area contributed by atoms with Crippen LogP contribution in [0.5, 0.6) is 0 Å². The molecule has 140 valence electrons. The molecule has 0 aromatic heterocycles. The third-order valence-corrected chi connectivity index (χ3v) is 9.88.